The van der Waals surface area contributed by atoms with Crippen LogP contribution in [0.2, 0.25) is 0 Å². The van der Waals surface area contributed by atoms with Crippen molar-refractivity contribution in [3.63, 3.8) is 0 Å². The Hall–Kier alpha value is -3.00. The molecule has 0 bridgehead atoms. The Kier molecular flexibility index (Phi) is 4.96. The molecule has 29 heavy (non-hydrogen) atoms. The molecule has 0 aliphatic heterocycles. The quantitative estimate of drug-likeness (QED) is 0.684. The molecule has 4 rings (SSSR count). The number of fused-ring (bicyclic) bond motifs is 1. The van der Waals surface area contributed by atoms with Crippen LogP contribution in [0.3, 0.4) is 0 Å². The molecule has 0 atom stereocenters. The Morgan fingerprint density at radius 1 is 1.03 bits per heavy atom. The van der Waals surface area contributed by atoms with Crippen LogP contribution in [-0.2, 0) is 22.9 Å². The average molecular weight is 413 g/mol. The first kappa shape index (κ1) is 19.3. The molecule has 0 radical (unpaired) electrons. The number of H-pyrrole nitrogens is 1. The second-order valence-electron chi connectivity index (χ2n) is 7.16. The van der Waals surface area contributed by atoms with Crippen molar-refractivity contribution in [1.82, 2.24) is 10.2 Å². The van der Waals surface area contributed by atoms with Crippen LogP contribution in [0.5, 0.6) is 0 Å². The molecule has 1 aliphatic rings. The molecule has 0 amide bonds. The van der Waals surface area contributed by atoms with Gasteiger partial charge in [-0.05, 0) is 74.1 Å². The minimum atomic E-state index is -3.89. The summed E-state index contributed by atoms with van der Waals surface area (Å²) in [5.74, 6) is -0.444. The maximum Gasteiger partial charge on any atom is 0.267 e. The van der Waals surface area contributed by atoms with Crippen LogP contribution in [0, 0.1) is 12.7 Å². The summed E-state index contributed by atoms with van der Waals surface area (Å²) in [4.78, 5) is 12.2. The highest BCUT2D eigenvalue weighted by Crippen LogP contribution is 2.30. The highest BCUT2D eigenvalue weighted by atomic mass is 32.2. The van der Waals surface area contributed by atoms with Gasteiger partial charge < -0.3 is 0 Å². The van der Waals surface area contributed by atoms with Crippen molar-refractivity contribution < 1.29 is 12.8 Å². The number of hydrogen-bond donors (Lipinski definition) is 2. The SMILES string of the molecule is Cc1ccc(-c2n[nH]c(=O)c3c2CCCC3)cc1S(=O)(=O)Nc1ccc(F)cc1. The van der Waals surface area contributed by atoms with Crippen LogP contribution in [0.25, 0.3) is 11.3 Å². The van der Waals surface area contributed by atoms with Crippen LogP contribution in [0.15, 0.2) is 52.2 Å². The van der Waals surface area contributed by atoms with Gasteiger partial charge in [-0.2, -0.15) is 5.10 Å². The highest BCUT2D eigenvalue weighted by Gasteiger charge is 2.22. The molecule has 2 N–H and O–H groups in total. The lowest BCUT2D eigenvalue weighted by Gasteiger charge is -2.18. The molecule has 8 heteroatoms. The van der Waals surface area contributed by atoms with Crippen LogP contribution < -0.4 is 10.3 Å². The zero-order valence-corrected chi connectivity index (χ0v) is 16.6. The zero-order valence-electron chi connectivity index (χ0n) is 15.8. The molecule has 0 saturated carbocycles. The molecule has 3 aromatic rings. The number of hydrogen-bond acceptors (Lipinski definition) is 4. The topological polar surface area (TPSA) is 91.9 Å². The van der Waals surface area contributed by atoms with Crippen LogP contribution in [0.1, 0.15) is 29.5 Å². The van der Waals surface area contributed by atoms with Crippen molar-refractivity contribution in [2.24, 2.45) is 0 Å². The highest BCUT2D eigenvalue weighted by molar-refractivity contribution is 7.92. The van der Waals surface area contributed by atoms with Crippen molar-refractivity contribution in [1.29, 1.82) is 0 Å². The van der Waals surface area contributed by atoms with Gasteiger partial charge in [-0.25, -0.2) is 17.9 Å². The summed E-state index contributed by atoms with van der Waals surface area (Å²) in [6, 6.07) is 10.2. The number of anilines is 1. The van der Waals surface area contributed by atoms with Gasteiger partial charge in [0.2, 0.25) is 0 Å². The van der Waals surface area contributed by atoms with E-state index in [1.807, 2.05) is 6.07 Å². The number of nitrogens with one attached hydrogen (secondary N) is 2. The average Bonchev–Trinajstić information content (AvgIpc) is 2.71. The first-order valence-corrected chi connectivity index (χ1v) is 10.8. The monoisotopic (exact) mass is 413 g/mol. The maximum absolute atomic E-state index is 13.1. The van der Waals surface area contributed by atoms with E-state index in [9.17, 15) is 17.6 Å². The van der Waals surface area contributed by atoms with Crippen molar-refractivity contribution >= 4 is 15.7 Å². The van der Waals surface area contributed by atoms with E-state index in [0.29, 0.717) is 23.2 Å². The van der Waals surface area contributed by atoms with E-state index in [2.05, 4.69) is 14.9 Å². The Bertz CT molecular complexity index is 1240. The van der Waals surface area contributed by atoms with Gasteiger partial charge in [0.1, 0.15) is 5.82 Å². The van der Waals surface area contributed by atoms with Gasteiger partial charge in [-0.3, -0.25) is 9.52 Å². The third kappa shape index (κ3) is 3.80. The fraction of sp³-hybridized carbons (Fsp3) is 0.238. The largest absolute Gasteiger partial charge is 0.280 e. The van der Waals surface area contributed by atoms with Crippen molar-refractivity contribution in [3.8, 4) is 11.3 Å². The lowest BCUT2D eigenvalue weighted by molar-refractivity contribution is 0.600. The number of benzene rings is 2. The van der Waals surface area contributed by atoms with Crippen molar-refractivity contribution in [2.75, 3.05) is 4.72 Å². The molecule has 6 nitrogen and oxygen atoms in total. The summed E-state index contributed by atoms with van der Waals surface area (Å²) in [5.41, 5.74) is 3.52. The summed E-state index contributed by atoms with van der Waals surface area (Å²) in [6.45, 7) is 1.71. The molecule has 150 valence electrons. The van der Waals surface area contributed by atoms with Crippen LogP contribution in [0.4, 0.5) is 10.1 Å². The van der Waals surface area contributed by atoms with Gasteiger partial charge in [0.05, 0.1) is 10.6 Å². The molecule has 0 fully saturated rings. The Morgan fingerprint density at radius 2 is 1.72 bits per heavy atom. The van der Waals surface area contributed by atoms with Crippen molar-refractivity contribution in [2.45, 2.75) is 37.5 Å². The third-order valence-electron chi connectivity index (χ3n) is 5.14. The second-order valence-corrected chi connectivity index (χ2v) is 8.81. The lowest BCUT2D eigenvalue weighted by atomic mass is 9.90. The number of rotatable bonds is 4. The molecule has 0 unspecified atom stereocenters. The van der Waals surface area contributed by atoms with E-state index in [-0.39, 0.29) is 16.1 Å². The van der Waals surface area contributed by atoms with E-state index in [0.717, 1.165) is 30.4 Å². The molecule has 1 aromatic heterocycles. The minimum Gasteiger partial charge on any atom is -0.280 e. The lowest BCUT2D eigenvalue weighted by Crippen LogP contribution is -2.21. The van der Waals surface area contributed by atoms with E-state index in [1.165, 1.54) is 24.3 Å². The summed E-state index contributed by atoms with van der Waals surface area (Å²) < 4.78 is 41.5. The smallest absolute Gasteiger partial charge is 0.267 e. The number of nitrogens with zero attached hydrogens (tertiary/aromatic N) is 1. The summed E-state index contributed by atoms with van der Waals surface area (Å²) >= 11 is 0. The number of halogens is 1. The molecular formula is C21H20FN3O3S. The number of aromatic nitrogens is 2. The van der Waals surface area contributed by atoms with E-state index >= 15 is 0 Å². The Morgan fingerprint density at radius 3 is 2.45 bits per heavy atom. The van der Waals surface area contributed by atoms with Crippen LogP contribution in [-0.4, -0.2) is 18.6 Å². The predicted molar refractivity (Wildman–Crippen MR) is 109 cm³/mol. The molecular weight excluding hydrogens is 393 g/mol. The summed E-state index contributed by atoms with van der Waals surface area (Å²) in [5, 5.41) is 6.75. The summed E-state index contributed by atoms with van der Waals surface area (Å²) in [7, 11) is -3.89. The predicted octanol–water partition coefficient (Wildman–Crippen LogP) is 3.56. The van der Waals surface area contributed by atoms with Gasteiger partial charge in [0.15, 0.2) is 0 Å². The first-order chi connectivity index (χ1) is 13.8. The number of aryl methyl sites for hydroxylation is 1. The van der Waals surface area contributed by atoms with Gasteiger partial charge in [-0.1, -0.05) is 12.1 Å². The second kappa shape index (κ2) is 7.44. The van der Waals surface area contributed by atoms with Gasteiger partial charge in [0, 0.05) is 16.8 Å². The normalized spacial score (nSPS) is 13.7. The number of aromatic amines is 1. The molecule has 2 aromatic carbocycles. The third-order valence-corrected chi connectivity index (χ3v) is 6.67. The Labute approximate surface area is 167 Å². The van der Waals surface area contributed by atoms with Crippen molar-refractivity contribution in [3.05, 3.63) is 75.3 Å². The number of sulfonamides is 1. The molecule has 0 spiro atoms. The molecule has 1 heterocycles. The maximum atomic E-state index is 13.1. The van der Waals surface area contributed by atoms with Crippen LogP contribution >= 0.6 is 0 Å². The standard InChI is InChI=1S/C21H20FN3O3S/c1-13-6-7-14(20-17-4-2-3-5-18(17)21(26)24-23-20)12-19(13)29(27,28)25-16-10-8-15(22)9-11-16/h6-12,25H,2-5H2,1H3,(H,24,26). The van der Waals surface area contributed by atoms with E-state index < -0.39 is 15.8 Å². The fourth-order valence-corrected chi connectivity index (χ4v) is 4.99. The van der Waals surface area contributed by atoms with E-state index in [1.54, 1.807) is 19.1 Å². The van der Waals surface area contributed by atoms with Gasteiger partial charge in [-0.15, -0.1) is 0 Å². The molecule has 1 aliphatic carbocycles. The first-order valence-electron chi connectivity index (χ1n) is 9.35. The van der Waals surface area contributed by atoms with E-state index in [4.69, 9.17) is 0 Å². The minimum absolute atomic E-state index is 0.108. The Balaban J connectivity index is 1.77. The fourth-order valence-electron chi connectivity index (χ4n) is 3.66. The zero-order chi connectivity index (χ0) is 20.6. The molecule has 0 saturated heterocycles. The van der Waals surface area contributed by atoms with Gasteiger partial charge in [0.25, 0.3) is 15.6 Å². The summed E-state index contributed by atoms with van der Waals surface area (Å²) in [6.07, 6.45) is 3.36. The van der Waals surface area contributed by atoms with Gasteiger partial charge >= 0.3 is 0 Å².